The summed E-state index contributed by atoms with van der Waals surface area (Å²) in [6.45, 7) is 2.24. The molecular formula is C21H24N2O3. The second-order valence-corrected chi connectivity index (χ2v) is 6.96. The molecule has 0 atom stereocenters. The van der Waals surface area contributed by atoms with E-state index in [2.05, 4.69) is 12.2 Å². The smallest absolute Gasteiger partial charge is 0.410 e. The van der Waals surface area contributed by atoms with Crippen LogP contribution in [0.4, 0.5) is 4.79 Å². The molecule has 0 aromatic heterocycles. The summed E-state index contributed by atoms with van der Waals surface area (Å²) in [5.74, 6) is 0.728. The maximum atomic E-state index is 12.2. The van der Waals surface area contributed by atoms with Crippen LogP contribution in [0.25, 0.3) is 11.1 Å². The van der Waals surface area contributed by atoms with Gasteiger partial charge in [-0.15, -0.1) is 0 Å². The Hall–Kier alpha value is -2.82. The van der Waals surface area contributed by atoms with Gasteiger partial charge in [0.2, 0.25) is 5.91 Å². The SMILES string of the molecule is CC1CCC(NC(=O)Oc2cccc(-c3cccc(C(N)=O)c3)c2)CC1. The summed E-state index contributed by atoms with van der Waals surface area (Å²) in [5.41, 5.74) is 7.47. The Kier molecular flexibility index (Phi) is 5.56. The largest absolute Gasteiger partial charge is 0.412 e. The zero-order chi connectivity index (χ0) is 18.5. The number of nitrogens with two attached hydrogens (primary N) is 1. The van der Waals surface area contributed by atoms with Gasteiger partial charge in [0.05, 0.1) is 0 Å². The van der Waals surface area contributed by atoms with Gasteiger partial charge in [0.25, 0.3) is 0 Å². The number of nitrogens with one attached hydrogen (secondary N) is 1. The molecule has 26 heavy (non-hydrogen) atoms. The highest BCUT2D eigenvalue weighted by atomic mass is 16.6. The molecule has 0 saturated heterocycles. The van der Waals surface area contributed by atoms with Crippen LogP contribution in [0.2, 0.25) is 0 Å². The standard InChI is InChI=1S/C21H24N2O3/c1-14-8-10-18(11-9-14)23-21(25)26-19-7-3-5-16(13-19)15-4-2-6-17(12-15)20(22)24/h2-7,12-14,18H,8-11H2,1H3,(H2,22,24)(H,23,25). The van der Waals surface area contributed by atoms with Gasteiger partial charge in [-0.1, -0.05) is 31.2 Å². The number of hydrogen-bond acceptors (Lipinski definition) is 3. The fourth-order valence-corrected chi connectivity index (χ4v) is 3.30. The Morgan fingerprint density at radius 2 is 1.65 bits per heavy atom. The van der Waals surface area contributed by atoms with E-state index in [4.69, 9.17) is 10.5 Å². The van der Waals surface area contributed by atoms with Crippen LogP contribution in [-0.2, 0) is 0 Å². The third-order valence-corrected chi connectivity index (χ3v) is 4.86. The van der Waals surface area contributed by atoms with Crippen molar-refractivity contribution in [1.82, 2.24) is 5.32 Å². The van der Waals surface area contributed by atoms with Crippen LogP contribution in [0, 0.1) is 5.92 Å². The third kappa shape index (κ3) is 4.63. The molecule has 1 aliphatic carbocycles. The van der Waals surface area contributed by atoms with Crippen LogP contribution in [-0.4, -0.2) is 18.0 Å². The number of carbonyl (C=O) groups excluding carboxylic acids is 2. The molecule has 1 fully saturated rings. The number of carbonyl (C=O) groups is 2. The van der Waals surface area contributed by atoms with E-state index in [1.165, 1.54) is 0 Å². The third-order valence-electron chi connectivity index (χ3n) is 4.86. The predicted molar refractivity (Wildman–Crippen MR) is 101 cm³/mol. The highest BCUT2D eigenvalue weighted by Gasteiger charge is 2.20. The Bertz CT molecular complexity index is 795. The van der Waals surface area contributed by atoms with Gasteiger partial charge in [0, 0.05) is 11.6 Å². The van der Waals surface area contributed by atoms with Crippen LogP contribution in [0.1, 0.15) is 43.0 Å². The maximum Gasteiger partial charge on any atom is 0.412 e. The Morgan fingerprint density at radius 1 is 1.00 bits per heavy atom. The van der Waals surface area contributed by atoms with Gasteiger partial charge in [-0.25, -0.2) is 4.79 Å². The molecule has 3 N–H and O–H groups in total. The molecule has 1 saturated carbocycles. The minimum Gasteiger partial charge on any atom is -0.410 e. The molecule has 0 spiro atoms. The molecule has 0 aliphatic heterocycles. The highest BCUT2D eigenvalue weighted by molar-refractivity contribution is 5.94. The highest BCUT2D eigenvalue weighted by Crippen LogP contribution is 2.26. The lowest BCUT2D eigenvalue weighted by Crippen LogP contribution is -2.39. The first-order valence-corrected chi connectivity index (χ1v) is 9.00. The predicted octanol–water partition coefficient (Wildman–Crippen LogP) is 4.12. The van der Waals surface area contributed by atoms with E-state index < -0.39 is 12.0 Å². The average Bonchev–Trinajstić information content (AvgIpc) is 2.64. The fraction of sp³-hybridized carbons (Fsp3) is 0.333. The quantitative estimate of drug-likeness (QED) is 0.868. The number of rotatable bonds is 4. The van der Waals surface area contributed by atoms with Crippen LogP contribution in [0.15, 0.2) is 48.5 Å². The first kappa shape index (κ1) is 18.0. The van der Waals surface area contributed by atoms with E-state index in [-0.39, 0.29) is 6.04 Å². The van der Waals surface area contributed by atoms with Crippen molar-refractivity contribution in [3.05, 3.63) is 54.1 Å². The lowest BCUT2D eigenvalue weighted by atomic mass is 9.87. The molecule has 3 rings (SSSR count). The monoisotopic (exact) mass is 352 g/mol. The Morgan fingerprint density at radius 3 is 2.35 bits per heavy atom. The minimum absolute atomic E-state index is 0.189. The van der Waals surface area contributed by atoms with Gasteiger partial charge in [0.1, 0.15) is 5.75 Å². The summed E-state index contributed by atoms with van der Waals surface area (Å²) in [6, 6.07) is 14.5. The van der Waals surface area contributed by atoms with Gasteiger partial charge in [0.15, 0.2) is 0 Å². The van der Waals surface area contributed by atoms with Crippen molar-refractivity contribution >= 4 is 12.0 Å². The second kappa shape index (κ2) is 8.04. The topological polar surface area (TPSA) is 81.4 Å². The first-order chi connectivity index (χ1) is 12.5. The molecule has 136 valence electrons. The zero-order valence-electron chi connectivity index (χ0n) is 14.9. The van der Waals surface area contributed by atoms with Crippen LogP contribution in [0.5, 0.6) is 5.75 Å². The van der Waals surface area contributed by atoms with Crippen LogP contribution < -0.4 is 15.8 Å². The summed E-state index contributed by atoms with van der Waals surface area (Å²) in [5, 5.41) is 2.95. The molecule has 1 aliphatic rings. The molecule has 5 nitrogen and oxygen atoms in total. The Labute approximate surface area is 153 Å². The normalized spacial score (nSPS) is 19.6. The zero-order valence-corrected chi connectivity index (χ0v) is 14.9. The van der Waals surface area contributed by atoms with Gasteiger partial charge in [-0.3, -0.25) is 4.79 Å². The lowest BCUT2D eigenvalue weighted by molar-refractivity contribution is 0.1000. The summed E-state index contributed by atoms with van der Waals surface area (Å²) >= 11 is 0. The van der Waals surface area contributed by atoms with Crippen molar-refractivity contribution in [3.63, 3.8) is 0 Å². The fourth-order valence-electron chi connectivity index (χ4n) is 3.30. The number of amides is 2. The summed E-state index contributed by atoms with van der Waals surface area (Å²) in [6.07, 6.45) is 3.84. The summed E-state index contributed by atoms with van der Waals surface area (Å²) < 4.78 is 5.44. The summed E-state index contributed by atoms with van der Waals surface area (Å²) in [4.78, 5) is 23.5. The lowest BCUT2D eigenvalue weighted by Gasteiger charge is -2.26. The molecule has 2 aromatic rings. The van der Waals surface area contributed by atoms with E-state index in [9.17, 15) is 9.59 Å². The maximum absolute atomic E-state index is 12.2. The van der Waals surface area contributed by atoms with Gasteiger partial charge < -0.3 is 15.8 Å². The molecule has 0 bridgehead atoms. The Balaban J connectivity index is 1.66. The first-order valence-electron chi connectivity index (χ1n) is 9.00. The van der Waals surface area contributed by atoms with Crippen molar-refractivity contribution < 1.29 is 14.3 Å². The summed E-state index contributed by atoms with van der Waals surface area (Å²) in [7, 11) is 0. The molecule has 0 radical (unpaired) electrons. The minimum atomic E-state index is -0.472. The van der Waals surface area contributed by atoms with Gasteiger partial charge in [-0.05, 0) is 67.0 Å². The number of hydrogen-bond donors (Lipinski definition) is 2. The van der Waals surface area contributed by atoms with Crippen molar-refractivity contribution in [2.24, 2.45) is 11.7 Å². The molecule has 5 heteroatoms. The molecule has 0 unspecified atom stereocenters. The number of ether oxygens (including phenoxy) is 1. The van der Waals surface area contributed by atoms with Crippen molar-refractivity contribution in [2.45, 2.75) is 38.6 Å². The number of benzene rings is 2. The molecular weight excluding hydrogens is 328 g/mol. The van der Waals surface area contributed by atoms with Crippen LogP contribution >= 0.6 is 0 Å². The van der Waals surface area contributed by atoms with Gasteiger partial charge >= 0.3 is 6.09 Å². The van der Waals surface area contributed by atoms with E-state index >= 15 is 0 Å². The molecule has 0 heterocycles. The molecule has 2 aromatic carbocycles. The van der Waals surface area contributed by atoms with Crippen molar-refractivity contribution in [3.8, 4) is 16.9 Å². The van der Waals surface area contributed by atoms with E-state index in [0.717, 1.165) is 42.7 Å². The van der Waals surface area contributed by atoms with Gasteiger partial charge in [-0.2, -0.15) is 0 Å². The second-order valence-electron chi connectivity index (χ2n) is 6.96. The van der Waals surface area contributed by atoms with Crippen molar-refractivity contribution in [2.75, 3.05) is 0 Å². The van der Waals surface area contributed by atoms with Crippen LogP contribution in [0.3, 0.4) is 0 Å². The van der Waals surface area contributed by atoms with E-state index in [1.54, 1.807) is 30.3 Å². The van der Waals surface area contributed by atoms with E-state index in [0.29, 0.717) is 11.3 Å². The molecule has 2 amide bonds. The van der Waals surface area contributed by atoms with E-state index in [1.807, 2.05) is 18.2 Å². The average molecular weight is 352 g/mol. The van der Waals surface area contributed by atoms with Crippen molar-refractivity contribution in [1.29, 1.82) is 0 Å². The number of primary amides is 1.